The van der Waals surface area contributed by atoms with Crippen molar-refractivity contribution in [1.29, 1.82) is 0 Å². The van der Waals surface area contributed by atoms with E-state index >= 15 is 0 Å². The second-order valence-corrected chi connectivity index (χ2v) is 6.60. The van der Waals surface area contributed by atoms with Crippen LogP contribution < -0.4 is 0 Å². The van der Waals surface area contributed by atoms with Crippen molar-refractivity contribution < 1.29 is 9.50 Å². The predicted octanol–water partition coefficient (Wildman–Crippen LogP) is 4.62. The molecule has 0 saturated carbocycles. The van der Waals surface area contributed by atoms with Gasteiger partial charge in [0.25, 0.3) is 0 Å². The van der Waals surface area contributed by atoms with Crippen LogP contribution in [0.2, 0.25) is 5.02 Å². The van der Waals surface area contributed by atoms with E-state index in [1.807, 2.05) is 12.1 Å². The first-order chi connectivity index (χ1) is 9.48. The van der Waals surface area contributed by atoms with Crippen molar-refractivity contribution in [3.05, 3.63) is 68.4 Å². The number of hydrogen-bond acceptors (Lipinski definition) is 1. The van der Waals surface area contributed by atoms with E-state index in [1.165, 1.54) is 11.6 Å². The van der Waals surface area contributed by atoms with Gasteiger partial charge in [-0.05, 0) is 48.2 Å². The average Bonchev–Trinajstić information content (AvgIpc) is 2.39. The van der Waals surface area contributed by atoms with Gasteiger partial charge < -0.3 is 5.11 Å². The fourth-order valence-corrected chi connectivity index (χ4v) is 3.41. The zero-order chi connectivity index (χ0) is 14.3. The fraction of sp³-hybridized carbons (Fsp3) is 0.250. The van der Waals surface area contributed by atoms with Crippen molar-refractivity contribution >= 4 is 27.5 Å². The molecule has 0 fully saturated rings. The molecule has 1 aliphatic carbocycles. The molecular formula is C16H13BrClFO. The molecule has 1 N–H and O–H groups in total. The lowest BCUT2D eigenvalue weighted by atomic mass is 9.76. The van der Waals surface area contributed by atoms with Crippen LogP contribution in [0.5, 0.6) is 0 Å². The number of aryl methyl sites for hydroxylation is 1. The molecule has 4 heteroatoms. The standard InChI is InChI=1S/C16H13BrClFO/c17-12-2-1-11-9-16(20,6-5-10(11)7-12)14-4-3-13(18)8-15(14)19/h1-4,7-8,20H,5-6,9H2. The zero-order valence-electron chi connectivity index (χ0n) is 10.7. The van der Waals surface area contributed by atoms with Gasteiger partial charge in [-0.1, -0.05) is 39.7 Å². The Morgan fingerprint density at radius 2 is 1.95 bits per heavy atom. The molecule has 1 aliphatic rings. The first-order valence-corrected chi connectivity index (χ1v) is 7.60. The minimum atomic E-state index is -1.16. The number of fused-ring (bicyclic) bond motifs is 1. The van der Waals surface area contributed by atoms with Gasteiger partial charge >= 0.3 is 0 Å². The van der Waals surface area contributed by atoms with Crippen LogP contribution >= 0.6 is 27.5 Å². The molecule has 0 saturated heterocycles. The lowest BCUT2D eigenvalue weighted by Crippen LogP contribution is -2.34. The maximum Gasteiger partial charge on any atom is 0.130 e. The van der Waals surface area contributed by atoms with Gasteiger partial charge in [-0.15, -0.1) is 0 Å². The van der Waals surface area contributed by atoms with Crippen molar-refractivity contribution in [3.63, 3.8) is 0 Å². The lowest BCUT2D eigenvalue weighted by Gasteiger charge is -2.34. The molecule has 1 atom stereocenters. The third-order valence-corrected chi connectivity index (χ3v) is 4.62. The zero-order valence-corrected chi connectivity index (χ0v) is 13.0. The van der Waals surface area contributed by atoms with Gasteiger partial charge in [-0.3, -0.25) is 0 Å². The summed E-state index contributed by atoms with van der Waals surface area (Å²) in [5, 5.41) is 11.2. The smallest absolute Gasteiger partial charge is 0.130 e. The van der Waals surface area contributed by atoms with Gasteiger partial charge in [0, 0.05) is 21.5 Å². The Morgan fingerprint density at radius 3 is 2.70 bits per heavy atom. The van der Waals surface area contributed by atoms with E-state index in [0.29, 0.717) is 23.4 Å². The Morgan fingerprint density at radius 1 is 1.15 bits per heavy atom. The van der Waals surface area contributed by atoms with E-state index in [4.69, 9.17) is 11.6 Å². The summed E-state index contributed by atoms with van der Waals surface area (Å²) in [6.07, 6.45) is 1.66. The second-order valence-electron chi connectivity index (χ2n) is 5.25. The lowest BCUT2D eigenvalue weighted by molar-refractivity contribution is 0.0188. The van der Waals surface area contributed by atoms with Crippen LogP contribution in [0.1, 0.15) is 23.1 Å². The highest BCUT2D eigenvalue weighted by Crippen LogP contribution is 2.38. The fourth-order valence-electron chi connectivity index (χ4n) is 2.84. The van der Waals surface area contributed by atoms with Crippen LogP contribution in [0.4, 0.5) is 4.39 Å². The van der Waals surface area contributed by atoms with Crippen LogP contribution in [0.15, 0.2) is 40.9 Å². The number of aliphatic hydroxyl groups is 1. The van der Waals surface area contributed by atoms with Crippen LogP contribution in [0.25, 0.3) is 0 Å². The topological polar surface area (TPSA) is 20.2 Å². The number of rotatable bonds is 1. The molecule has 104 valence electrons. The van der Waals surface area contributed by atoms with Gasteiger partial charge in [-0.25, -0.2) is 4.39 Å². The highest BCUT2D eigenvalue weighted by molar-refractivity contribution is 9.10. The third kappa shape index (κ3) is 2.50. The van der Waals surface area contributed by atoms with Crippen molar-refractivity contribution in [2.45, 2.75) is 24.9 Å². The minimum absolute atomic E-state index is 0.329. The number of benzene rings is 2. The molecule has 0 aromatic heterocycles. The summed E-state index contributed by atoms with van der Waals surface area (Å²) in [6.45, 7) is 0. The van der Waals surface area contributed by atoms with Gasteiger partial charge in [0.15, 0.2) is 0 Å². The largest absolute Gasteiger partial charge is 0.385 e. The Kier molecular flexibility index (Phi) is 3.61. The van der Waals surface area contributed by atoms with Gasteiger partial charge in [-0.2, -0.15) is 0 Å². The summed E-state index contributed by atoms with van der Waals surface area (Å²) < 4.78 is 15.1. The third-order valence-electron chi connectivity index (χ3n) is 3.89. The molecule has 0 amide bonds. The SMILES string of the molecule is OC1(c2ccc(Cl)cc2F)CCc2cc(Br)ccc2C1. The van der Waals surface area contributed by atoms with E-state index in [-0.39, 0.29) is 0 Å². The second kappa shape index (κ2) is 5.14. The van der Waals surface area contributed by atoms with Crippen molar-refractivity contribution in [2.75, 3.05) is 0 Å². The van der Waals surface area contributed by atoms with Gasteiger partial charge in [0.2, 0.25) is 0 Å². The van der Waals surface area contributed by atoms with E-state index in [0.717, 1.165) is 16.5 Å². The summed E-state index contributed by atoms with van der Waals surface area (Å²) >= 11 is 9.22. The average molecular weight is 356 g/mol. The van der Waals surface area contributed by atoms with E-state index < -0.39 is 11.4 Å². The number of halogens is 3. The van der Waals surface area contributed by atoms with Crippen molar-refractivity contribution in [3.8, 4) is 0 Å². The molecule has 0 bridgehead atoms. The Hall–Kier alpha value is -0.900. The van der Waals surface area contributed by atoms with Crippen LogP contribution in [0.3, 0.4) is 0 Å². The highest BCUT2D eigenvalue weighted by Gasteiger charge is 2.36. The summed E-state index contributed by atoms with van der Waals surface area (Å²) in [6, 6.07) is 10.5. The summed E-state index contributed by atoms with van der Waals surface area (Å²) in [4.78, 5) is 0. The van der Waals surface area contributed by atoms with Crippen LogP contribution in [-0.4, -0.2) is 5.11 Å². The maximum absolute atomic E-state index is 14.1. The van der Waals surface area contributed by atoms with Gasteiger partial charge in [0.05, 0.1) is 5.60 Å². The van der Waals surface area contributed by atoms with Crippen molar-refractivity contribution in [1.82, 2.24) is 0 Å². The molecule has 0 spiro atoms. The molecule has 0 aliphatic heterocycles. The molecule has 0 heterocycles. The summed E-state index contributed by atoms with van der Waals surface area (Å²) in [5.41, 5.74) is 1.44. The number of hydrogen-bond donors (Lipinski definition) is 1. The van der Waals surface area contributed by atoms with E-state index in [1.54, 1.807) is 12.1 Å². The van der Waals surface area contributed by atoms with E-state index in [2.05, 4.69) is 22.0 Å². The maximum atomic E-state index is 14.1. The molecular weight excluding hydrogens is 343 g/mol. The predicted molar refractivity (Wildman–Crippen MR) is 81.5 cm³/mol. The Balaban J connectivity index is 2.00. The Bertz CT molecular complexity index is 674. The normalized spacial score (nSPS) is 21.6. The van der Waals surface area contributed by atoms with Crippen LogP contribution in [0, 0.1) is 5.82 Å². The monoisotopic (exact) mass is 354 g/mol. The minimum Gasteiger partial charge on any atom is -0.385 e. The first-order valence-electron chi connectivity index (χ1n) is 6.43. The summed E-state index contributed by atoms with van der Waals surface area (Å²) in [5.74, 6) is -0.444. The molecule has 2 aromatic rings. The summed E-state index contributed by atoms with van der Waals surface area (Å²) in [7, 11) is 0. The van der Waals surface area contributed by atoms with Crippen LogP contribution in [-0.2, 0) is 18.4 Å². The quantitative estimate of drug-likeness (QED) is 0.791. The molecule has 2 aromatic carbocycles. The molecule has 1 nitrogen and oxygen atoms in total. The van der Waals surface area contributed by atoms with E-state index in [9.17, 15) is 9.50 Å². The molecule has 20 heavy (non-hydrogen) atoms. The molecule has 1 unspecified atom stereocenters. The highest BCUT2D eigenvalue weighted by atomic mass is 79.9. The van der Waals surface area contributed by atoms with Crippen molar-refractivity contribution in [2.24, 2.45) is 0 Å². The first kappa shape index (κ1) is 14.1. The van der Waals surface area contributed by atoms with Gasteiger partial charge in [0.1, 0.15) is 5.82 Å². The molecule has 0 radical (unpaired) electrons. The Labute approximate surface area is 130 Å². The molecule has 3 rings (SSSR count).